The van der Waals surface area contributed by atoms with Gasteiger partial charge in [0.2, 0.25) is 0 Å². The molecule has 0 amide bonds. The minimum absolute atomic E-state index is 0.943. The van der Waals surface area contributed by atoms with Crippen LogP contribution in [-0.4, -0.2) is 0 Å². The number of hydrogen-bond donors (Lipinski definition) is 0. The highest BCUT2D eigenvalue weighted by Crippen LogP contribution is 2.35. The van der Waals surface area contributed by atoms with Crippen LogP contribution in [-0.2, 0) is 0 Å². The molecule has 1 aliphatic rings. The van der Waals surface area contributed by atoms with E-state index in [4.69, 9.17) is 0 Å². The SMILES string of the molecule is CCC(C)C1CC[CH]CC1C. The van der Waals surface area contributed by atoms with Crippen LogP contribution < -0.4 is 0 Å². The zero-order chi connectivity index (χ0) is 8.27. The van der Waals surface area contributed by atoms with E-state index in [0.29, 0.717) is 0 Å². The summed E-state index contributed by atoms with van der Waals surface area (Å²) < 4.78 is 0. The van der Waals surface area contributed by atoms with Crippen molar-refractivity contribution >= 4 is 0 Å². The predicted octanol–water partition coefficient (Wildman–Crippen LogP) is 3.67. The molecule has 0 nitrogen and oxygen atoms in total. The van der Waals surface area contributed by atoms with Gasteiger partial charge in [0.05, 0.1) is 0 Å². The summed E-state index contributed by atoms with van der Waals surface area (Å²) in [7, 11) is 0. The molecule has 0 aliphatic heterocycles. The minimum atomic E-state index is 0.943. The Labute approximate surface area is 71.4 Å². The molecule has 0 saturated heterocycles. The predicted molar refractivity (Wildman–Crippen MR) is 50.3 cm³/mol. The lowest BCUT2D eigenvalue weighted by Gasteiger charge is -2.32. The van der Waals surface area contributed by atoms with Gasteiger partial charge in [-0.1, -0.05) is 27.2 Å². The van der Waals surface area contributed by atoms with E-state index in [9.17, 15) is 0 Å². The average Bonchev–Trinajstić information content (AvgIpc) is 2.04. The van der Waals surface area contributed by atoms with Gasteiger partial charge < -0.3 is 0 Å². The van der Waals surface area contributed by atoms with Gasteiger partial charge in [-0.25, -0.2) is 0 Å². The van der Waals surface area contributed by atoms with Crippen LogP contribution in [0.5, 0.6) is 0 Å². The Kier molecular flexibility index (Phi) is 3.42. The molecule has 0 heteroatoms. The molecule has 65 valence electrons. The van der Waals surface area contributed by atoms with Crippen LogP contribution >= 0.6 is 0 Å². The molecular weight excluding hydrogens is 132 g/mol. The van der Waals surface area contributed by atoms with Gasteiger partial charge in [0.1, 0.15) is 0 Å². The molecule has 3 atom stereocenters. The van der Waals surface area contributed by atoms with Crippen molar-refractivity contribution in [3.8, 4) is 0 Å². The van der Waals surface area contributed by atoms with E-state index in [1.165, 1.54) is 25.7 Å². The Hall–Kier alpha value is 0. The van der Waals surface area contributed by atoms with E-state index >= 15 is 0 Å². The molecule has 0 N–H and O–H groups in total. The largest absolute Gasteiger partial charge is 0.0651 e. The Balaban J connectivity index is 2.40. The Bertz CT molecular complexity index is 103. The summed E-state index contributed by atoms with van der Waals surface area (Å²) in [6, 6.07) is 0. The lowest BCUT2D eigenvalue weighted by Crippen LogP contribution is -2.23. The van der Waals surface area contributed by atoms with Crippen molar-refractivity contribution in [2.24, 2.45) is 17.8 Å². The van der Waals surface area contributed by atoms with Crippen molar-refractivity contribution < 1.29 is 0 Å². The van der Waals surface area contributed by atoms with Crippen molar-refractivity contribution in [3.63, 3.8) is 0 Å². The first-order valence-electron chi connectivity index (χ1n) is 5.07. The third-order valence-corrected chi connectivity index (χ3v) is 3.35. The van der Waals surface area contributed by atoms with Crippen LogP contribution in [0.25, 0.3) is 0 Å². The zero-order valence-electron chi connectivity index (χ0n) is 8.14. The fraction of sp³-hybridized carbons (Fsp3) is 0.909. The minimum Gasteiger partial charge on any atom is -0.0651 e. The van der Waals surface area contributed by atoms with E-state index in [1.54, 1.807) is 0 Å². The summed E-state index contributed by atoms with van der Waals surface area (Å²) in [6.07, 6.45) is 7.98. The second-order valence-electron chi connectivity index (χ2n) is 4.13. The van der Waals surface area contributed by atoms with Gasteiger partial charge in [-0.05, 0) is 43.4 Å². The fourth-order valence-corrected chi connectivity index (χ4v) is 2.30. The molecule has 0 aromatic carbocycles. The average molecular weight is 153 g/mol. The van der Waals surface area contributed by atoms with Gasteiger partial charge in [-0.15, -0.1) is 0 Å². The Morgan fingerprint density at radius 2 is 2.27 bits per heavy atom. The topological polar surface area (TPSA) is 0 Å². The normalized spacial score (nSPS) is 35.2. The molecule has 1 rings (SSSR count). The van der Waals surface area contributed by atoms with Crippen molar-refractivity contribution in [1.82, 2.24) is 0 Å². The highest BCUT2D eigenvalue weighted by Gasteiger charge is 2.24. The molecule has 0 aromatic rings. The molecule has 1 saturated carbocycles. The lowest BCUT2D eigenvalue weighted by molar-refractivity contribution is 0.206. The third-order valence-electron chi connectivity index (χ3n) is 3.35. The Morgan fingerprint density at radius 3 is 2.82 bits per heavy atom. The molecule has 0 bridgehead atoms. The molecule has 1 radical (unpaired) electrons. The van der Waals surface area contributed by atoms with Crippen LogP contribution in [0.2, 0.25) is 0 Å². The Morgan fingerprint density at radius 1 is 1.55 bits per heavy atom. The highest BCUT2D eigenvalue weighted by molar-refractivity contribution is 4.83. The van der Waals surface area contributed by atoms with Crippen molar-refractivity contribution in [2.75, 3.05) is 0 Å². The number of hydrogen-bond acceptors (Lipinski definition) is 0. The summed E-state index contributed by atoms with van der Waals surface area (Å²) >= 11 is 0. The second kappa shape index (κ2) is 4.13. The van der Waals surface area contributed by atoms with Crippen molar-refractivity contribution in [1.29, 1.82) is 0 Å². The van der Waals surface area contributed by atoms with E-state index in [-0.39, 0.29) is 0 Å². The zero-order valence-corrected chi connectivity index (χ0v) is 8.14. The second-order valence-corrected chi connectivity index (χ2v) is 4.13. The summed E-state index contributed by atoms with van der Waals surface area (Å²) in [5, 5.41) is 0. The van der Waals surface area contributed by atoms with Crippen LogP contribution in [0.3, 0.4) is 0 Å². The van der Waals surface area contributed by atoms with Gasteiger partial charge in [0.15, 0.2) is 0 Å². The monoisotopic (exact) mass is 153 g/mol. The molecule has 1 fully saturated rings. The van der Waals surface area contributed by atoms with Gasteiger partial charge in [0, 0.05) is 0 Å². The molecule has 3 unspecified atom stereocenters. The van der Waals surface area contributed by atoms with Crippen LogP contribution in [0.4, 0.5) is 0 Å². The molecule has 0 spiro atoms. The summed E-state index contributed by atoms with van der Waals surface area (Å²) in [5.74, 6) is 2.89. The van der Waals surface area contributed by atoms with Crippen molar-refractivity contribution in [2.45, 2.75) is 46.5 Å². The molecule has 1 aliphatic carbocycles. The summed E-state index contributed by atoms with van der Waals surface area (Å²) in [4.78, 5) is 0. The first-order chi connectivity index (χ1) is 5.25. The molecular formula is C11H21. The van der Waals surface area contributed by atoms with E-state index < -0.39 is 0 Å². The lowest BCUT2D eigenvalue weighted by atomic mass is 9.73. The van der Waals surface area contributed by atoms with Crippen LogP contribution in [0.1, 0.15) is 46.5 Å². The van der Waals surface area contributed by atoms with Gasteiger partial charge >= 0.3 is 0 Å². The first kappa shape index (κ1) is 9.09. The van der Waals surface area contributed by atoms with Gasteiger partial charge in [0.25, 0.3) is 0 Å². The summed E-state index contributed by atoms with van der Waals surface area (Å²) in [5.41, 5.74) is 0. The molecule has 11 heavy (non-hydrogen) atoms. The number of rotatable bonds is 2. The smallest absolute Gasteiger partial charge is 0.0363 e. The highest BCUT2D eigenvalue weighted by atomic mass is 14.3. The third kappa shape index (κ3) is 2.21. The quantitative estimate of drug-likeness (QED) is 0.568. The first-order valence-corrected chi connectivity index (χ1v) is 5.07. The fourth-order valence-electron chi connectivity index (χ4n) is 2.30. The molecule has 0 heterocycles. The van der Waals surface area contributed by atoms with E-state index in [2.05, 4.69) is 27.2 Å². The van der Waals surface area contributed by atoms with E-state index in [0.717, 1.165) is 17.8 Å². The van der Waals surface area contributed by atoms with Gasteiger partial charge in [-0.2, -0.15) is 0 Å². The summed E-state index contributed by atoms with van der Waals surface area (Å²) in [6.45, 7) is 7.13. The van der Waals surface area contributed by atoms with Gasteiger partial charge in [-0.3, -0.25) is 0 Å². The van der Waals surface area contributed by atoms with E-state index in [1.807, 2.05) is 0 Å². The standard InChI is InChI=1S/C11H21/c1-4-9(2)11-8-6-5-7-10(11)3/h5,9-11H,4,6-8H2,1-3H3. The van der Waals surface area contributed by atoms with Crippen molar-refractivity contribution in [3.05, 3.63) is 6.42 Å². The maximum absolute atomic E-state index is 2.46. The maximum atomic E-state index is 2.46. The van der Waals surface area contributed by atoms with Crippen LogP contribution in [0, 0.1) is 24.2 Å². The van der Waals surface area contributed by atoms with Crippen LogP contribution in [0.15, 0.2) is 0 Å². The maximum Gasteiger partial charge on any atom is -0.0363 e. The molecule has 0 aromatic heterocycles.